The van der Waals surface area contributed by atoms with Gasteiger partial charge in [0.05, 0.1) is 6.20 Å². The summed E-state index contributed by atoms with van der Waals surface area (Å²) in [5, 5.41) is 7.81. The molecule has 2 rings (SSSR count). The number of hydrogen-bond acceptors (Lipinski definition) is 4. The maximum atomic E-state index is 5.88. The summed E-state index contributed by atoms with van der Waals surface area (Å²) < 4.78 is 7.35. The van der Waals surface area contributed by atoms with Crippen LogP contribution in [0.2, 0.25) is 0 Å². The highest BCUT2D eigenvalue weighted by atomic mass is 16.5. The average molecular weight is 232 g/mol. The van der Waals surface area contributed by atoms with Crippen LogP contribution in [0.1, 0.15) is 24.2 Å². The van der Waals surface area contributed by atoms with E-state index in [0.717, 1.165) is 17.0 Å². The Hall–Kier alpha value is -1.88. The zero-order valence-electron chi connectivity index (χ0n) is 10.00. The topological polar surface area (TPSA) is 66.0 Å². The minimum Gasteiger partial charge on any atom is -0.487 e. The van der Waals surface area contributed by atoms with E-state index in [9.17, 15) is 0 Å². The molecule has 0 aliphatic heterocycles. The van der Waals surface area contributed by atoms with Crippen molar-refractivity contribution >= 4 is 0 Å². The second-order valence-corrected chi connectivity index (χ2v) is 4.00. The molecule has 2 N–H and O–H groups in total. The fraction of sp³-hybridized carbons (Fsp3) is 0.333. The lowest BCUT2D eigenvalue weighted by atomic mass is 10.1. The molecule has 90 valence electrons. The molecule has 5 heteroatoms. The van der Waals surface area contributed by atoms with Gasteiger partial charge in [-0.25, -0.2) is 0 Å². The van der Waals surface area contributed by atoms with Crippen LogP contribution in [0.5, 0.6) is 5.75 Å². The summed E-state index contributed by atoms with van der Waals surface area (Å²) in [5.74, 6) is 0.799. The number of hydrogen-bond donors (Lipinski definition) is 1. The molecule has 0 saturated carbocycles. The molecule has 1 aromatic heterocycles. The van der Waals surface area contributed by atoms with E-state index < -0.39 is 0 Å². The Bertz CT molecular complexity index is 493. The summed E-state index contributed by atoms with van der Waals surface area (Å²) in [4.78, 5) is 0. The van der Waals surface area contributed by atoms with Crippen molar-refractivity contribution < 1.29 is 4.74 Å². The molecule has 0 aliphatic carbocycles. The molecule has 1 atom stereocenters. The van der Waals surface area contributed by atoms with E-state index in [1.54, 1.807) is 4.68 Å². The number of aryl methyl sites for hydroxylation is 1. The van der Waals surface area contributed by atoms with Gasteiger partial charge in [0.15, 0.2) is 0 Å². The van der Waals surface area contributed by atoms with Crippen LogP contribution >= 0.6 is 0 Å². The van der Waals surface area contributed by atoms with Gasteiger partial charge in [-0.2, -0.15) is 0 Å². The van der Waals surface area contributed by atoms with Crippen molar-refractivity contribution in [3.05, 3.63) is 41.7 Å². The number of aromatic nitrogens is 3. The third-order valence-corrected chi connectivity index (χ3v) is 2.44. The molecule has 1 unspecified atom stereocenters. The molecule has 1 heterocycles. The molecule has 0 amide bonds. The van der Waals surface area contributed by atoms with Crippen LogP contribution in [-0.4, -0.2) is 15.0 Å². The first-order chi connectivity index (χ1) is 8.16. The van der Waals surface area contributed by atoms with Crippen LogP contribution < -0.4 is 10.5 Å². The van der Waals surface area contributed by atoms with Crippen molar-refractivity contribution in [2.45, 2.75) is 19.6 Å². The average Bonchev–Trinajstić information content (AvgIpc) is 2.73. The normalized spacial score (nSPS) is 12.4. The Balaban J connectivity index is 2.08. The SMILES string of the molecule is CC(N)c1ccccc1OCc1cn(C)nn1. The largest absolute Gasteiger partial charge is 0.487 e. The van der Waals surface area contributed by atoms with Crippen LogP contribution in [0.4, 0.5) is 0 Å². The van der Waals surface area contributed by atoms with Gasteiger partial charge in [0.25, 0.3) is 0 Å². The molecule has 0 saturated heterocycles. The van der Waals surface area contributed by atoms with Gasteiger partial charge in [-0.1, -0.05) is 23.4 Å². The van der Waals surface area contributed by atoms with Gasteiger partial charge < -0.3 is 10.5 Å². The summed E-state index contributed by atoms with van der Waals surface area (Å²) in [6.07, 6.45) is 1.83. The summed E-state index contributed by atoms with van der Waals surface area (Å²) in [6.45, 7) is 2.34. The quantitative estimate of drug-likeness (QED) is 0.865. The molecule has 5 nitrogen and oxygen atoms in total. The van der Waals surface area contributed by atoms with Crippen LogP contribution in [0.3, 0.4) is 0 Å². The molecular weight excluding hydrogens is 216 g/mol. The van der Waals surface area contributed by atoms with Crippen molar-refractivity contribution in [3.8, 4) is 5.75 Å². The van der Waals surface area contributed by atoms with E-state index in [0.29, 0.717) is 6.61 Å². The Morgan fingerprint density at radius 1 is 1.41 bits per heavy atom. The summed E-state index contributed by atoms with van der Waals surface area (Å²) in [5.41, 5.74) is 7.67. The minimum atomic E-state index is -0.0481. The highest BCUT2D eigenvalue weighted by molar-refractivity contribution is 5.35. The smallest absolute Gasteiger partial charge is 0.134 e. The molecule has 2 aromatic rings. The molecular formula is C12H16N4O. The lowest BCUT2D eigenvalue weighted by Crippen LogP contribution is -2.08. The lowest BCUT2D eigenvalue weighted by molar-refractivity contribution is 0.296. The van der Waals surface area contributed by atoms with Gasteiger partial charge in [-0.3, -0.25) is 4.68 Å². The Labute approximate surface area is 100 Å². The van der Waals surface area contributed by atoms with Gasteiger partial charge in [0.2, 0.25) is 0 Å². The van der Waals surface area contributed by atoms with Crippen LogP contribution in [0, 0.1) is 0 Å². The van der Waals surface area contributed by atoms with Crippen molar-refractivity contribution in [2.75, 3.05) is 0 Å². The second-order valence-electron chi connectivity index (χ2n) is 4.00. The lowest BCUT2D eigenvalue weighted by Gasteiger charge is -2.12. The van der Waals surface area contributed by atoms with E-state index in [4.69, 9.17) is 10.5 Å². The molecule has 1 aromatic carbocycles. The van der Waals surface area contributed by atoms with E-state index in [1.807, 2.05) is 44.4 Å². The van der Waals surface area contributed by atoms with E-state index in [2.05, 4.69) is 10.3 Å². The van der Waals surface area contributed by atoms with Crippen LogP contribution in [-0.2, 0) is 13.7 Å². The van der Waals surface area contributed by atoms with Crippen molar-refractivity contribution in [1.29, 1.82) is 0 Å². The molecule has 0 fully saturated rings. The van der Waals surface area contributed by atoms with E-state index >= 15 is 0 Å². The number of ether oxygens (including phenoxy) is 1. The predicted octanol–water partition coefficient (Wildman–Crippen LogP) is 1.41. The second kappa shape index (κ2) is 4.97. The summed E-state index contributed by atoms with van der Waals surface area (Å²) >= 11 is 0. The monoisotopic (exact) mass is 232 g/mol. The number of para-hydroxylation sites is 1. The molecule has 17 heavy (non-hydrogen) atoms. The van der Waals surface area contributed by atoms with Crippen molar-refractivity contribution in [1.82, 2.24) is 15.0 Å². The fourth-order valence-corrected chi connectivity index (χ4v) is 1.60. The Morgan fingerprint density at radius 3 is 2.82 bits per heavy atom. The third-order valence-electron chi connectivity index (χ3n) is 2.44. The summed E-state index contributed by atoms with van der Waals surface area (Å²) in [6, 6.07) is 7.71. The van der Waals surface area contributed by atoms with E-state index in [1.165, 1.54) is 0 Å². The molecule has 0 radical (unpaired) electrons. The number of nitrogens with zero attached hydrogens (tertiary/aromatic N) is 3. The Morgan fingerprint density at radius 2 is 2.18 bits per heavy atom. The highest BCUT2D eigenvalue weighted by Gasteiger charge is 2.08. The molecule has 0 bridgehead atoms. The van der Waals surface area contributed by atoms with Crippen LogP contribution in [0.15, 0.2) is 30.5 Å². The predicted molar refractivity (Wildman–Crippen MR) is 64.4 cm³/mol. The Kier molecular flexibility index (Phi) is 3.39. The van der Waals surface area contributed by atoms with Crippen LogP contribution in [0.25, 0.3) is 0 Å². The van der Waals surface area contributed by atoms with Gasteiger partial charge in [0, 0.05) is 18.7 Å². The maximum Gasteiger partial charge on any atom is 0.134 e. The molecule has 0 aliphatic rings. The maximum absolute atomic E-state index is 5.88. The first-order valence-electron chi connectivity index (χ1n) is 5.49. The molecule has 0 spiro atoms. The number of rotatable bonds is 4. The minimum absolute atomic E-state index is 0.0481. The van der Waals surface area contributed by atoms with Gasteiger partial charge >= 0.3 is 0 Å². The zero-order chi connectivity index (χ0) is 12.3. The first kappa shape index (κ1) is 11.6. The summed E-state index contributed by atoms with van der Waals surface area (Å²) in [7, 11) is 1.83. The third kappa shape index (κ3) is 2.82. The first-order valence-corrected chi connectivity index (χ1v) is 5.49. The van der Waals surface area contributed by atoms with Gasteiger partial charge in [-0.05, 0) is 13.0 Å². The fourth-order valence-electron chi connectivity index (χ4n) is 1.60. The zero-order valence-corrected chi connectivity index (χ0v) is 10.00. The van der Waals surface area contributed by atoms with Gasteiger partial charge in [-0.15, -0.1) is 5.10 Å². The van der Waals surface area contributed by atoms with Gasteiger partial charge in [0.1, 0.15) is 18.1 Å². The highest BCUT2D eigenvalue weighted by Crippen LogP contribution is 2.23. The number of benzene rings is 1. The van der Waals surface area contributed by atoms with Crippen molar-refractivity contribution in [2.24, 2.45) is 12.8 Å². The number of nitrogens with two attached hydrogens (primary N) is 1. The van der Waals surface area contributed by atoms with Crippen molar-refractivity contribution in [3.63, 3.8) is 0 Å². The van der Waals surface area contributed by atoms with E-state index in [-0.39, 0.29) is 6.04 Å². The standard InChI is InChI=1S/C12H16N4O/c1-9(13)11-5-3-4-6-12(11)17-8-10-7-16(2)15-14-10/h3-7,9H,8,13H2,1-2H3.